The number of hydrogen-bond donors (Lipinski definition) is 1. The van der Waals surface area contributed by atoms with Crippen LogP contribution in [-0.4, -0.2) is 36.6 Å². The number of nitrogens with one attached hydrogen (secondary N) is 1. The Hall–Kier alpha value is -3.03. The van der Waals surface area contributed by atoms with E-state index in [2.05, 4.69) is 25.4 Å². The Balaban J connectivity index is 1.42. The lowest BCUT2D eigenvalue weighted by Gasteiger charge is -2.11. The van der Waals surface area contributed by atoms with E-state index in [9.17, 15) is 4.79 Å². The smallest absolute Gasteiger partial charge is 0.258 e. The second kappa shape index (κ2) is 6.84. The number of carbonyl (C=O) groups is 1. The molecule has 0 saturated heterocycles. The maximum absolute atomic E-state index is 12.1. The second-order valence-electron chi connectivity index (χ2n) is 6.14. The minimum Gasteiger partial charge on any atom is -0.352 e. The summed E-state index contributed by atoms with van der Waals surface area (Å²) in [5.41, 5.74) is 1.36. The lowest BCUT2D eigenvalue weighted by Crippen LogP contribution is -2.34. The Morgan fingerprint density at radius 2 is 2.08 bits per heavy atom. The number of nitrogens with zero attached hydrogens (tertiary/aromatic N) is 5. The molecular formula is C17H18N6O2. The van der Waals surface area contributed by atoms with Gasteiger partial charge in [-0.25, -0.2) is 4.98 Å². The minimum absolute atomic E-state index is 0.00133. The average Bonchev–Trinajstić information content (AvgIpc) is 3.37. The van der Waals surface area contributed by atoms with Gasteiger partial charge in [-0.3, -0.25) is 9.78 Å². The number of pyridine rings is 1. The van der Waals surface area contributed by atoms with E-state index in [0.717, 1.165) is 18.4 Å². The summed E-state index contributed by atoms with van der Waals surface area (Å²) in [6, 6.07) is 3.91. The molecule has 1 saturated carbocycles. The van der Waals surface area contributed by atoms with E-state index in [1.807, 2.05) is 0 Å². The third-order valence-electron chi connectivity index (χ3n) is 4.26. The van der Waals surface area contributed by atoms with Crippen molar-refractivity contribution in [2.45, 2.75) is 38.3 Å². The van der Waals surface area contributed by atoms with Gasteiger partial charge in [0.15, 0.2) is 0 Å². The number of amides is 1. The Labute approximate surface area is 144 Å². The highest BCUT2D eigenvalue weighted by Crippen LogP contribution is 2.20. The molecule has 3 aromatic rings. The van der Waals surface area contributed by atoms with Gasteiger partial charge in [0.05, 0.1) is 6.33 Å². The maximum Gasteiger partial charge on any atom is 0.258 e. The highest BCUT2D eigenvalue weighted by Gasteiger charge is 2.18. The van der Waals surface area contributed by atoms with Crippen molar-refractivity contribution < 1.29 is 9.32 Å². The van der Waals surface area contributed by atoms with Crippen LogP contribution in [-0.2, 0) is 11.3 Å². The third kappa shape index (κ3) is 3.57. The van der Waals surface area contributed by atoms with Crippen molar-refractivity contribution in [1.29, 1.82) is 0 Å². The molecule has 0 radical (unpaired) electrons. The van der Waals surface area contributed by atoms with Crippen molar-refractivity contribution in [2.24, 2.45) is 0 Å². The van der Waals surface area contributed by atoms with Crippen molar-refractivity contribution in [3.63, 3.8) is 0 Å². The Morgan fingerprint density at radius 1 is 1.28 bits per heavy atom. The SMILES string of the molecule is O=C(Cn1cnc(-c2noc(-c3ccncc3)n2)c1)NC1CCCC1. The van der Waals surface area contributed by atoms with Gasteiger partial charge < -0.3 is 14.4 Å². The molecular weight excluding hydrogens is 320 g/mol. The van der Waals surface area contributed by atoms with Crippen LogP contribution >= 0.6 is 0 Å². The molecule has 25 heavy (non-hydrogen) atoms. The quantitative estimate of drug-likeness (QED) is 0.764. The van der Waals surface area contributed by atoms with Crippen LogP contribution in [0.4, 0.5) is 0 Å². The standard InChI is InChI=1S/C17H18N6O2/c24-15(20-13-3-1-2-4-13)10-23-9-14(19-11-23)16-21-17(25-22-16)12-5-7-18-8-6-12/h5-9,11,13H,1-4,10H2,(H,20,24). The normalized spacial score (nSPS) is 14.7. The van der Waals surface area contributed by atoms with E-state index >= 15 is 0 Å². The summed E-state index contributed by atoms with van der Waals surface area (Å²) in [5, 5.41) is 7.01. The van der Waals surface area contributed by atoms with Gasteiger partial charge in [-0.1, -0.05) is 18.0 Å². The molecule has 8 nitrogen and oxygen atoms in total. The van der Waals surface area contributed by atoms with Gasteiger partial charge in [0.1, 0.15) is 12.2 Å². The molecule has 0 bridgehead atoms. The van der Waals surface area contributed by atoms with Gasteiger partial charge in [-0.05, 0) is 25.0 Å². The van der Waals surface area contributed by atoms with Gasteiger partial charge in [0.25, 0.3) is 5.89 Å². The van der Waals surface area contributed by atoms with E-state index < -0.39 is 0 Å². The van der Waals surface area contributed by atoms with Crippen LogP contribution in [0.15, 0.2) is 41.6 Å². The molecule has 1 amide bonds. The molecule has 1 N–H and O–H groups in total. The highest BCUT2D eigenvalue weighted by atomic mass is 16.5. The van der Waals surface area contributed by atoms with Crippen molar-refractivity contribution in [3.05, 3.63) is 37.1 Å². The first-order chi connectivity index (χ1) is 12.3. The topological polar surface area (TPSA) is 98.7 Å². The van der Waals surface area contributed by atoms with Crippen LogP contribution in [0.1, 0.15) is 25.7 Å². The predicted molar refractivity (Wildman–Crippen MR) is 89.1 cm³/mol. The van der Waals surface area contributed by atoms with Crippen molar-refractivity contribution >= 4 is 5.91 Å². The molecule has 8 heteroatoms. The summed E-state index contributed by atoms with van der Waals surface area (Å²) >= 11 is 0. The first-order valence-corrected chi connectivity index (χ1v) is 8.33. The Kier molecular flexibility index (Phi) is 4.24. The number of imidazole rings is 1. The monoisotopic (exact) mass is 338 g/mol. The van der Waals surface area contributed by atoms with E-state index in [4.69, 9.17) is 4.52 Å². The fourth-order valence-corrected chi connectivity index (χ4v) is 3.01. The lowest BCUT2D eigenvalue weighted by molar-refractivity contribution is -0.122. The summed E-state index contributed by atoms with van der Waals surface area (Å²) in [6.07, 6.45) is 11.2. The second-order valence-corrected chi connectivity index (χ2v) is 6.14. The van der Waals surface area contributed by atoms with E-state index in [1.165, 1.54) is 12.8 Å². The fourth-order valence-electron chi connectivity index (χ4n) is 3.01. The number of hydrogen-bond acceptors (Lipinski definition) is 6. The van der Waals surface area contributed by atoms with Gasteiger partial charge in [-0.15, -0.1) is 0 Å². The van der Waals surface area contributed by atoms with Gasteiger partial charge in [-0.2, -0.15) is 4.98 Å². The first-order valence-electron chi connectivity index (χ1n) is 8.33. The Morgan fingerprint density at radius 3 is 2.88 bits per heavy atom. The molecule has 1 aliphatic rings. The van der Waals surface area contributed by atoms with Crippen LogP contribution in [0.5, 0.6) is 0 Å². The number of carbonyl (C=O) groups excluding carboxylic acids is 1. The van der Waals surface area contributed by atoms with Gasteiger partial charge in [0.2, 0.25) is 11.7 Å². The minimum atomic E-state index is 0.00133. The molecule has 0 spiro atoms. The van der Waals surface area contributed by atoms with E-state index in [1.54, 1.807) is 41.6 Å². The van der Waals surface area contributed by atoms with Gasteiger partial charge >= 0.3 is 0 Å². The summed E-state index contributed by atoms with van der Waals surface area (Å²) in [6.45, 7) is 0.235. The summed E-state index contributed by atoms with van der Waals surface area (Å²) in [7, 11) is 0. The fraction of sp³-hybridized carbons (Fsp3) is 0.353. The van der Waals surface area contributed by atoms with Crippen LogP contribution in [0.2, 0.25) is 0 Å². The van der Waals surface area contributed by atoms with Crippen LogP contribution in [0.3, 0.4) is 0 Å². The lowest BCUT2D eigenvalue weighted by atomic mass is 10.2. The molecule has 0 unspecified atom stereocenters. The van der Waals surface area contributed by atoms with Crippen molar-refractivity contribution in [2.75, 3.05) is 0 Å². The summed E-state index contributed by atoms with van der Waals surface area (Å²) < 4.78 is 6.99. The largest absolute Gasteiger partial charge is 0.352 e. The summed E-state index contributed by atoms with van der Waals surface area (Å²) in [5.74, 6) is 0.800. The van der Waals surface area contributed by atoms with Crippen LogP contribution < -0.4 is 5.32 Å². The number of aromatic nitrogens is 5. The zero-order valence-corrected chi connectivity index (χ0v) is 13.6. The molecule has 128 valence electrons. The molecule has 1 aliphatic carbocycles. The third-order valence-corrected chi connectivity index (χ3v) is 4.26. The molecule has 0 atom stereocenters. The zero-order valence-electron chi connectivity index (χ0n) is 13.6. The molecule has 3 heterocycles. The van der Waals surface area contributed by atoms with Crippen molar-refractivity contribution in [1.82, 2.24) is 30.0 Å². The van der Waals surface area contributed by atoms with E-state index in [0.29, 0.717) is 23.5 Å². The van der Waals surface area contributed by atoms with Crippen LogP contribution in [0, 0.1) is 0 Å². The predicted octanol–water partition coefficient (Wildman–Crippen LogP) is 2.05. The maximum atomic E-state index is 12.1. The molecule has 4 rings (SSSR count). The first kappa shape index (κ1) is 15.5. The molecule has 1 fully saturated rings. The number of rotatable bonds is 5. The van der Waals surface area contributed by atoms with Crippen LogP contribution in [0.25, 0.3) is 23.0 Å². The molecule has 0 aliphatic heterocycles. The zero-order chi connectivity index (χ0) is 17.1. The van der Waals surface area contributed by atoms with Gasteiger partial charge in [0, 0.05) is 30.2 Å². The summed E-state index contributed by atoms with van der Waals surface area (Å²) in [4.78, 5) is 24.7. The highest BCUT2D eigenvalue weighted by molar-refractivity contribution is 5.76. The van der Waals surface area contributed by atoms with E-state index in [-0.39, 0.29) is 12.5 Å². The molecule has 0 aromatic carbocycles. The van der Waals surface area contributed by atoms with Crippen molar-refractivity contribution in [3.8, 4) is 23.0 Å². The Bertz CT molecular complexity index is 851. The average molecular weight is 338 g/mol. The molecule has 3 aromatic heterocycles.